The standard InChI is InChI=1S/C26H30ClN9.C24H26ClN9.C23H23ClN10.C22H24ClN9/c1-3-17-15-35(23-7-4-16(2)33-34-23)10-9-21(17)31-25-20(27)13-29-26(32-25)30-19-8-11-36-22(18-5-6-18)14-28-24(36)12-19;1-15-2-5-21(32-31-15)33-9-6-17(7-10-33)28-23-19(25)13-27-24(30-23)29-18-8-11-34-20(16-3-4-16)14-26-22(34)12-18;1-14-15(2)34-10-7-17(11-21(34)27-14)29-23-26-13-19(24)22(30-23)28-16-5-8-33(9-6-16)20-4-3-18(12-25)31-32-20;1-14-3-5-20(30-29-14)31-9-7-16(8-10-31)26-21-18(23)12-25-22(28-21)27-17-4-6-19-24-11-15(2)32(19)13-17/h4,7-8,11-14,17-18,21H,3,5-6,9-10,15H2,1-2H3,(H2,29,30,31,32);2,5,8,11-14,16-17H,3-4,6-7,9-10H2,1H3,(H2,27,28,29,30);3-4,7,10-11,13,16H,5-6,8-9H2,1-2H3,(H2,26,28,29,30);3-6,11-13,16H,7-10H2,1-2H3,(H2,25,26,27,28). The second-order valence-electron chi connectivity index (χ2n) is 35.1. The number of pyridine rings is 4. The minimum atomic E-state index is 0.218. The van der Waals surface area contributed by atoms with Crippen molar-refractivity contribution in [1.82, 2.24) is 118 Å². The molecule has 0 spiro atoms. The fourth-order valence-electron chi connectivity index (χ4n) is 17.3. The molecule has 8 N–H and O–H groups in total. The molecule has 4 saturated heterocycles. The smallest absolute Gasteiger partial charge is 0.229 e. The quantitative estimate of drug-likeness (QED) is 0.0295. The first-order valence-electron chi connectivity index (χ1n) is 46.0. The molecule has 2 saturated carbocycles. The summed E-state index contributed by atoms with van der Waals surface area (Å²) >= 11 is 25.7. The summed E-state index contributed by atoms with van der Waals surface area (Å²) in [6, 6.07) is 34.6. The van der Waals surface area contributed by atoms with Gasteiger partial charge in [0.2, 0.25) is 23.8 Å². The predicted molar refractivity (Wildman–Crippen MR) is 532 cm³/mol. The van der Waals surface area contributed by atoms with E-state index < -0.39 is 0 Å². The van der Waals surface area contributed by atoms with Crippen LogP contribution in [0.4, 0.5) is 93.1 Å². The summed E-state index contributed by atoms with van der Waals surface area (Å²) in [5.74, 6) is 9.77. The van der Waals surface area contributed by atoms with E-state index in [1.54, 1.807) is 30.9 Å². The molecule has 4 aliphatic heterocycles. The third-order valence-electron chi connectivity index (χ3n) is 25.4. The minimum absolute atomic E-state index is 0.218. The maximum Gasteiger partial charge on any atom is 0.229 e. The predicted octanol–water partition coefficient (Wildman–Crippen LogP) is 17.7. The number of rotatable bonds is 23. The van der Waals surface area contributed by atoms with E-state index in [0.29, 0.717) is 90.6 Å². The van der Waals surface area contributed by atoms with Crippen LogP contribution in [0.1, 0.15) is 147 Å². The van der Waals surface area contributed by atoms with Gasteiger partial charge in [0, 0.05) is 190 Å². The van der Waals surface area contributed by atoms with E-state index >= 15 is 0 Å². The third-order valence-corrected chi connectivity index (χ3v) is 26.5. The van der Waals surface area contributed by atoms with Gasteiger partial charge in [0.15, 0.2) is 52.2 Å². The molecule has 37 nitrogen and oxygen atoms in total. The highest BCUT2D eigenvalue weighted by Crippen LogP contribution is 2.42. The van der Waals surface area contributed by atoms with Gasteiger partial charge in [0.05, 0.1) is 53.3 Å². The SMILES string of the molecule is CCC1CN(c2ccc(C)nn2)CCC1Nc1nc(Nc2ccn3c(C4CC4)cnc3c2)ncc1Cl.Cc1ccc(N2CCC(Nc3nc(Nc4ccc5ncc(C)n5c4)ncc3Cl)CC2)nn1.Cc1ccc(N2CCC(Nc3nc(Nc4ccn5c(C6CC6)cnc5c4)ncc3Cl)CC2)nn1.Cc1nc2cc(Nc3ncc(Cl)c(NC4CCN(c5ccc(C#N)nn5)CC4)n3)ccn2c1C. The Morgan fingerprint density at radius 1 is 0.360 bits per heavy atom. The number of nitriles is 1. The number of nitrogens with zero attached hydrogens (tertiary/aromatic N) is 29. The Labute approximate surface area is 805 Å². The van der Waals surface area contributed by atoms with Crippen molar-refractivity contribution in [2.75, 3.05) is 114 Å². The Balaban J connectivity index is 0.000000116. The van der Waals surface area contributed by atoms with Gasteiger partial charge in [-0.1, -0.05) is 53.3 Å². The summed E-state index contributed by atoms with van der Waals surface area (Å²) < 4.78 is 8.39. The number of piperidine rings is 4. The average molecular weight is 1900 g/mol. The highest BCUT2D eigenvalue weighted by Gasteiger charge is 2.33. The van der Waals surface area contributed by atoms with Crippen LogP contribution >= 0.6 is 46.4 Å². The van der Waals surface area contributed by atoms with Crippen molar-refractivity contribution in [2.45, 2.75) is 162 Å². The van der Waals surface area contributed by atoms with E-state index in [2.05, 4.69) is 192 Å². The molecule has 0 amide bonds. The van der Waals surface area contributed by atoms with Crippen LogP contribution in [0.25, 0.3) is 22.6 Å². The number of aromatic nitrogens is 24. The summed E-state index contributed by atoms with van der Waals surface area (Å²) in [4.78, 5) is 63.1. The molecule has 22 rings (SSSR count). The Morgan fingerprint density at radius 2 is 0.750 bits per heavy atom. The lowest BCUT2D eigenvalue weighted by atomic mass is 9.90. The second-order valence-corrected chi connectivity index (χ2v) is 36.7. The van der Waals surface area contributed by atoms with Crippen LogP contribution in [0.2, 0.25) is 20.1 Å². The Kier molecular flexibility index (Phi) is 27.3. The van der Waals surface area contributed by atoms with Gasteiger partial charge in [-0.15, -0.1) is 25.5 Å². The van der Waals surface area contributed by atoms with Crippen molar-refractivity contribution in [3.8, 4) is 6.07 Å². The summed E-state index contributed by atoms with van der Waals surface area (Å²) in [7, 11) is 0. The summed E-state index contributed by atoms with van der Waals surface area (Å²) in [6.45, 7) is 21.2. The number of imidazole rings is 4. The molecule has 2 atom stereocenters. The fraction of sp³-hybridized carbons (Fsp3) is 0.358. The molecule has 6 fully saturated rings. The molecule has 6 aliphatic rings. The van der Waals surface area contributed by atoms with Crippen molar-refractivity contribution in [1.29, 1.82) is 5.26 Å². The van der Waals surface area contributed by atoms with Crippen LogP contribution in [0.5, 0.6) is 0 Å². The molecule has 16 aromatic heterocycles. The monoisotopic (exact) mass is 1900 g/mol. The van der Waals surface area contributed by atoms with Crippen molar-refractivity contribution >= 4 is 162 Å². The Bertz CT molecular complexity index is 6920. The molecule has 696 valence electrons. The molecule has 16 aromatic rings. The number of hydrogen-bond donors (Lipinski definition) is 8. The summed E-state index contributed by atoms with van der Waals surface area (Å²) in [5, 5.41) is 71.7. The van der Waals surface area contributed by atoms with Crippen molar-refractivity contribution in [2.24, 2.45) is 5.92 Å². The molecule has 41 heteroatoms. The van der Waals surface area contributed by atoms with Gasteiger partial charge in [-0.05, 0) is 203 Å². The molecule has 2 aliphatic carbocycles. The van der Waals surface area contributed by atoms with Crippen LogP contribution in [0, 0.1) is 58.8 Å². The zero-order valence-corrected chi connectivity index (χ0v) is 79.3. The number of halogens is 4. The van der Waals surface area contributed by atoms with E-state index in [1.807, 2.05) is 172 Å². The van der Waals surface area contributed by atoms with Crippen LogP contribution in [-0.4, -0.2) is 195 Å². The molecular formula is C95H103Cl4N37. The number of nitrogens with one attached hydrogen (secondary N) is 8. The zero-order chi connectivity index (χ0) is 93.5. The first-order chi connectivity index (χ1) is 66.2. The first kappa shape index (κ1) is 90.8. The maximum absolute atomic E-state index is 8.89. The molecular weight excluding hydrogens is 1800 g/mol. The lowest BCUT2D eigenvalue weighted by Gasteiger charge is -2.39. The van der Waals surface area contributed by atoms with Gasteiger partial charge in [-0.3, -0.25) is 0 Å². The van der Waals surface area contributed by atoms with Gasteiger partial charge >= 0.3 is 0 Å². The number of aryl methyl sites for hydroxylation is 6. The van der Waals surface area contributed by atoms with Gasteiger partial charge in [0.1, 0.15) is 48.7 Å². The molecule has 136 heavy (non-hydrogen) atoms. The minimum Gasteiger partial charge on any atom is -0.366 e. The van der Waals surface area contributed by atoms with Crippen LogP contribution in [-0.2, 0) is 0 Å². The van der Waals surface area contributed by atoms with Crippen LogP contribution in [0.15, 0.2) is 165 Å². The number of hydrogen-bond acceptors (Lipinski definition) is 33. The molecule has 0 bridgehead atoms. The van der Waals surface area contributed by atoms with E-state index in [-0.39, 0.29) is 24.2 Å². The maximum atomic E-state index is 8.89. The first-order valence-corrected chi connectivity index (χ1v) is 47.5. The second kappa shape index (κ2) is 40.8. The molecule has 20 heterocycles. The normalized spacial score (nSPS) is 16.5. The zero-order valence-electron chi connectivity index (χ0n) is 76.3. The lowest BCUT2D eigenvalue weighted by molar-refractivity contribution is 0.365. The van der Waals surface area contributed by atoms with Gasteiger partial charge in [-0.25, -0.2) is 39.9 Å². The molecule has 0 aromatic carbocycles. The fourth-order valence-corrected chi connectivity index (χ4v) is 17.9. The Morgan fingerprint density at radius 3 is 1.15 bits per heavy atom. The van der Waals surface area contributed by atoms with Gasteiger partial charge in [0.25, 0.3) is 0 Å². The summed E-state index contributed by atoms with van der Waals surface area (Å²) in [6.07, 6.45) is 33.0. The topological polar surface area (TPSA) is 408 Å². The molecule has 2 unspecified atom stereocenters. The number of anilines is 16. The van der Waals surface area contributed by atoms with Gasteiger partial charge in [-0.2, -0.15) is 40.5 Å². The Hall–Kier alpha value is -14.4. The van der Waals surface area contributed by atoms with E-state index in [1.165, 1.54) is 37.1 Å². The van der Waals surface area contributed by atoms with E-state index in [9.17, 15) is 0 Å². The number of fused-ring (bicyclic) bond motifs is 4. The molecule has 0 radical (unpaired) electrons. The van der Waals surface area contributed by atoms with Gasteiger partial charge < -0.3 is 79.7 Å². The third kappa shape index (κ3) is 21.9. The lowest BCUT2D eigenvalue weighted by Crippen LogP contribution is -2.46. The highest BCUT2D eigenvalue weighted by atomic mass is 35.5. The van der Waals surface area contributed by atoms with Crippen LogP contribution < -0.4 is 62.1 Å². The van der Waals surface area contributed by atoms with E-state index in [4.69, 9.17) is 56.6 Å². The summed E-state index contributed by atoms with van der Waals surface area (Å²) in [5.41, 5.74) is 16.0. The van der Waals surface area contributed by atoms with Crippen molar-refractivity contribution < 1.29 is 0 Å². The largest absolute Gasteiger partial charge is 0.366 e. The van der Waals surface area contributed by atoms with Crippen LogP contribution in [0.3, 0.4) is 0 Å². The van der Waals surface area contributed by atoms with E-state index in [0.717, 1.165) is 206 Å². The average Bonchev–Trinajstić information content (AvgIpc) is 1.63. The van der Waals surface area contributed by atoms with Crippen molar-refractivity contribution in [3.63, 3.8) is 0 Å². The van der Waals surface area contributed by atoms with Crippen molar-refractivity contribution in [3.05, 3.63) is 237 Å². The highest BCUT2D eigenvalue weighted by molar-refractivity contribution is 6.34.